The molecule has 0 bridgehead atoms. The molecule has 2 aromatic rings. The van der Waals surface area contributed by atoms with Crippen molar-refractivity contribution in [2.75, 3.05) is 26.2 Å². The van der Waals surface area contributed by atoms with Gasteiger partial charge in [-0.2, -0.15) is 0 Å². The molecule has 0 radical (unpaired) electrons. The van der Waals surface area contributed by atoms with Crippen molar-refractivity contribution in [3.8, 4) is 0 Å². The van der Waals surface area contributed by atoms with Crippen molar-refractivity contribution in [1.29, 1.82) is 0 Å². The fourth-order valence-corrected chi connectivity index (χ4v) is 8.22. The van der Waals surface area contributed by atoms with Crippen LogP contribution in [0.5, 0.6) is 0 Å². The summed E-state index contributed by atoms with van der Waals surface area (Å²) in [5.74, 6) is 1.22. The van der Waals surface area contributed by atoms with E-state index in [4.69, 9.17) is 16.6 Å². The number of fused-ring (bicyclic) bond motifs is 2. The molecule has 1 aromatic heterocycles. The van der Waals surface area contributed by atoms with Crippen LogP contribution in [-0.4, -0.2) is 58.9 Å². The summed E-state index contributed by atoms with van der Waals surface area (Å²) in [4.78, 5) is 34.6. The first kappa shape index (κ1) is 27.5. The van der Waals surface area contributed by atoms with Crippen molar-refractivity contribution in [2.45, 2.75) is 69.7 Å². The monoisotopic (exact) mass is 676 g/mol. The zero-order valence-electron chi connectivity index (χ0n) is 22.1. The molecule has 9 heteroatoms. The van der Waals surface area contributed by atoms with E-state index in [-0.39, 0.29) is 17.9 Å². The molecule has 3 heterocycles. The number of hydrogen-bond donors (Lipinski definition) is 1. The molecule has 4 aliphatic rings. The van der Waals surface area contributed by atoms with Crippen LogP contribution in [0, 0.1) is 11.8 Å². The van der Waals surface area contributed by atoms with Gasteiger partial charge in [0.05, 0.1) is 5.69 Å². The molecule has 1 aromatic carbocycles. The first-order valence-electron chi connectivity index (χ1n) is 14.3. The summed E-state index contributed by atoms with van der Waals surface area (Å²) >= 11 is 13.9. The van der Waals surface area contributed by atoms with Crippen LogP contribution in [0.3, 0.4) is 0 Å². The molecule has 39 heavy (non-hydrogen) atoms. The number of rotatable bonds is 4. The quantitative estimate of drug-likeness (QED) is 0.392. The van der Waals surface area contributed by atoms with E-state index in [1.165, 1.54) is 22.4 Å². The molecular formula is C30H35Br2ClN4O2. The highest BCUT2D eigenvalue weighted by atomic mass is 79.9. The topological polar surface area (TPSA) is 65.5 Å². The number of likely N-dealkylation sites (tertiary alicyclic amines) is 2. The smallest absolute Gasteiger partial charge is 0.317 e. The summed E-state index contributed by atoms with van der Waals surface area (Å²) in [6, 6.07) is 6.81. The van der Waals surface area contributed by atoms with Crippen LogP contribution in [-0.2, 0) is 17.6 Å². The number of nitrogens with zero attached hydrogens (tertiary/aromatic N) is 3. The summed E-state index contributed by atoms with van der Waals surface area (Å²) in [6.45, 7) is 3.08. The number of nitrogens with one attached hydrogen (secondary N) is 1. The molecule has 2 aliphatic carbocycles. The Kier molecular flexibility index (Phi) is 8.25. The lowest BCUT2D eigenvalue weighted by atomic mass is 9.76. The lowest BCUT2D eigenvalue weighted by Gasteiger charge is -2.38. The maximum Gasteiger partial charge on any atom is 0.317 e. The number of benzene rings is 1. The molecule has 6 rings (SSSR count). The molecule has 2 aliphatic heterocycles. The Morgan fingerprint density at radius 1 is 0.923 bits per heavy atom. The Bertz CT molecular complexity index is 1250. The summed E-state index contributed by atoms with van der Waals surface area (Å²) in [7, 11) is 0. The number of carbonyl (C=O) groups is 2. The van der Waals surface area contributed by atoms with E-state index in [0.29, 0.717) is 24.3 Å². The molecule has 1 N–H and O–H groups in total. The van der Waals surface area contributed by atoms with Crippen LogP contribution in [0.4, 0.5) is 4.79 Å². The molecule has 1 atom stereocenters. The number of amides is 3. The van der Waals surface area contributed by atoms with Gasteiger partial charge >= 0.3 is 6.03 Å². The van der Waals surface area contributed by atoms with Crippen LogP contribution in [0.25, 0.3) is 0 Å². The van der Waals surface area contributed by atoms with Gasteiger partial charge < -0.3 is 15.1 Å². The van der Waals surface area contributed by atoms with Gasteiger partial charge in [0, 0.05) is 64.7 Å². The van der Waals surface area contributed by atoms with Crippen molar-refractivity contribution in [3.05, 3.63) is 60.7 Å². The van der Waals surface area contributed by atoms with Crippen LogP contribution in [0.15, 0.2) is 33.3 Å². The summed E-state index contributed by atoms with van der Waals surface area (Å²) < 4.78 is 2.07. The van der Waals surface area contributed by atoms with Crippen LogP contribution >= 0.6 is 43.5 Å². The standard InChI is InChI=1S/C30H35Br2ClN4O2/c31-22-14-21-2-1-20-15-23(33)16-25(32)27(20)28(29(21)34-17-22)19-7-11-36(12-8-19)26(38)13-18-5-9-37(10-6-18)30(39)35-24-3-4-24/h14-19,24,28H,1-13H2,(H,35,39)/t28-/m1/s1. The minimum Gasteiger partial charge on any atom is -0.343 e. The zero-order chi connectivity index (χ0) is 27.1. The average molecular weight is 679 g/mol. The Morgan fingerprint density at radius 3 is 2.33 bits per heavy atom. The van der Waals surface area contributed by atoms with E-state index < -0.39 is 0 Å². The normalized spacial score (nSPS) is 22.2. The molecule has 3 amide bonds. The van der Waals surface area contributed by atoms with E-state index in [2.05, 4.69) is 54.2 Å². The van der Waals surface area contributed by atoms with E-state index in [9.17, 15) is 9.59 Å². The number of pyridine rings is 1. The SMILES string of the molecule is O=C(CC1CCN(C(=O)NC2CC2)CC1)N1CCC([C@H]2c3ncc(Br)cc3CCc3cc(Cl)cc(Br)c32)CC1. The number of aromatic nitrogens is 1. The minimum atomic E-state index is 0.0711. The highest BCUT2D eigenvalue weighted by Crippen LogP contribution is 2.46. The predicted octanol–water partition coefficient (Wildman–Crippen LogP) is 6.70. The number of hydrogen-bond acceptors (Lipinski definition) is 3. The third-order valence-corrected chi connectivity index (χ3v) is 10.4. The maximum absolute atomic E-state index is 13.3. The van der Waals surface area contributed by atoms with Crippen molar-refractivity contribution in [3.63, 3.8) is 0 Å². The van der Waals surface area contributed by atoms with Gasteiger partial charge in [0.1, 0.15) is 0 Å². The molecule has 0 spiro atoms. The third-order valence-electron chi connectivity index (χ3n) is 9.05. The predicted molar refractivity (Wildman–Crippen MR) is 160 cm³/mol. The Hall–Kier alpha value is -1.64. The molecule has 2 saturated heterocycles. The second-order valence-electron chi connectivity index (χ2n) is 11.7. The first-order valence-corrected chi connectivity index (χ1v) is 16.3. The lowest BCUT2D eigenvalue weighted by Crippen LogP contribution is -2.46. The molecule has 1 saturated carbocycles. The first-order chi connectivity index (χ1) is 18.9. The van der Waals surface area contributed by atoms with Crippen LogP contribution in [0.2, 0.25) is 5.02 Å². The molecule has 0 unspecified atom stereocenters. The van der Waals surface area contributed by atoms with Gasteiger partial charge in [-0.25, -0.2) is 4.79 Å². The van der Waals surface area contributed by atoms with Crippen molar-refractivity contribution < 1.29 is 9.59 Å². The van der Waals surface area contributed by atoms with Crippen molar-refractivity contribution >= 4 is 55.4 Å². The number of carbonyl (C=O) groups excluding carboxylic acids is 2. The summed E-state index contributed by atoms with van der Waals surface area (Å²) in [5, 5.41) is 3.84. The van der Waals surface area contributed by atoms with E-state index in [0.717, 1.165) is 91.5 Å². The summed E-state index contributed by atoms with van der Waals surface area (Å²) in [5.41, 5.74) is 5.07. The Labute approximate surface area is 252 Å². The number of halogens is 3. The molecule has 3 fully saturated rings. The van der Waals surface area contributed by atoms with Crippen molar-refractivity contribution in [1.82, 2.24) is 20.1 Å². The Balaban J connectivity index is 1.10. The van der Waals surface area contributed by atoms with Gasteiger partial charge in [0.25, 0.3) is 0 Å². The highest BCUT2D eigenvalue weighted by Gasteiger charge is 2.37. The number of urea groups is 1. The third kappa shape index (κ3) is 6.18. The van der Waals surface area contributed by atoms with Gasteiger partial charge in [-0.15, -0.1) is 0 Å². The molecule has 6 nitrogen and oxygen atoms in total. The van der Waals surface area contributed by atoms with Gasteiger partial charge in [-0.3, -0.25) is 9.78 Å². The van der Waals surface area contributed by atoms with Gasteiger partial charge in [-0.1, -0.05) is 27.5 Å². The van der Waals surface area contributed by atoms with E-state index in [1.807, 2.05) is 17.2 Å². The minimum absolute atomic E-state index is 0.0711. The zero-order valence-corrected chi connectivity index (χ0v) is 26.0. The molecular weight excluding hydrogens is 644 g/mol. The van der Waals surface area contributed by atoms with Crippen LogP contribution in [0.1, 0.15) is 73.2 Å². The average Bonchev–Trinajstić information content (AvgIpc) is 3.75. The maximum atomic E-state index is 13.3. The van der Waals surface area contributed by atoms with Crippen molar-refractivity contribution in [2.24, 2.45) is 11.8 Å². The largest absolute Gasteiger partial charge is 0.343 e. The molecule has 208 valence electrons. The van der Waals surface area contributed by atoms with Gasteiger partial charge in [0.2, 0.25) is 5.91 Å². The van der Waals surface area contributed by atoms with Crippen LogP contribution < -0.4 is 5.32 Å². The fourth-order valence-electron chi connectivity index (χ4n) is 6.72. The second-order valence-corrected chi connectivity index (χ2v) is 13.9. The van der Waals surface area contributed by atoms with E-state index >= 15 is 0 Å². The second kappa shape index (κ2) is 11.7. The van der Waals surface area contributed by atoms with Gasteiger partial charge in [0.15, 0.2) is 0 Å². The fraction of sp³-hybridized carbons (Fsp3) is 0.567. The highest BCUT2D eigenvalue weighted by molar-refractivity contribution is 9.10. The van der Waals surface area contributed by atoms with Gasteiger partial charge in [-0.05, 0) is 114 Å². The Morgan fingerprint density at radius 2 is 1.62 bits per heavy atom. The summed E-state index contributed by atoms with van der Waals surface area (Å²) in [6.07, 6.45) is 10.3. The lowest BCUT2D eigenvalue weighted by molar-refractivity contribution is -0.134. The van der Waals surface area contributed by atoms with E-state index in [1.54, 1.807) is 0 Å². The number of piperidine rings is 2. The number of aryl methyl sites for hydroxylation is 2.